The van der Waals surface area contributed by atoms with Crippen LogP contribution in [0.3, 0.4) is 0 Å². The summed E-state index contributed by atoms with van der Waals surface area (Å²) >= 11 is 0. The predicted molar refractivity (Wildman–Crippen MR) is 145 cm³/mol. The third-order valence-corrected chi connectivity index (χ3v) is 6.50. The number of hydrogen-bond acceptors (Lipinski definition) is 13. The fourth-order valence-electron chi connectivity index (χ4n) is 4.23. The first kappa shape index (κ1) is 28.2. The Hall–Kier alpha value is -5.29. The Morgan fingerprint density at radius 3 is 2.76 bits per heavy atom. The number of halogens is 1. The first-order valence-electron chi connectivity index (χ1n) is 12.7. The van der Waals surface area contributed by atoms with E-state index in [2.05, 4.69) is 41.0 Å². The Bertz CT molecular complexity index is 1610. The third kappa shape index (κ3) is 6.53. The Morgan fingerprint density at radius 1 is 1.24 bits per heavy atom. The Morgan fingerprint density at radius 2 is 2.05 bits per heavy atom. The quantitative estimate of drug-likeness (QED) is 0.156. The molecule has 1 aliphatic heterocycles. The van der Waals surface area contributed by atoms with E-state index in [1.165, 1.54) is 41.2 Å². The fourth-order valence-corrected chi connectivity index (χ4v) is 4.23. The number of ether oxygens (including phenoxy) is 1. The molecule has 1 fully saturated rings. The number of rotatable bonds is 10. The first-order chi connectivity index (χ1) is 20.3. The largest absolute Gasteiger partial charge is 0.488 e. The number of benzene rings is 2. The number of amides is 1. The number of likely N-dealkylation sites (N-methyl/N-ethyl adjacent to an activating group) is 1. The van der Waals surface area contributed by atoms with Crippen LogP contribution in [0.4, 0.5) is 15.9 Å². The maximum atomic E-state index is 13.5. The van der Waals surface area contributed by atoms with Gasteiger partial charge in [0, 0.05) is 50.4 Å². The van der Waals surface area contributed by atoms with Gasteiger partial charge < -0.3 is 15.4 Å². The average Bonchev–Trinajstić information content (AvgIpc) is 3.58. The summed E-state index contributed by atoms with van der Waals surface area (Å²) in [5.41, 5.74) is 9.17. The number of nitrogen functional groups attached to an aromatic ring is 1. The molecule has 2 aromatic heterocycles. The summed E-state index contributed by atoms with van der Waals surface area (Å²) in [6.45, 7) is 3.49. The molecule has 1 aliphatic rings. The number of nitro benzene ring substituents is 1. The lowest BCUT2D eigenvalue weighted by atomic mass is 10.2. The molecule has 5 rings (SSSR count). The molecule has 2 aromatic carbocycles. The number of non-ortho nitro benzene ring substituents is 1. The fraction of sp³-hybridized carbons (Fsp3) is 0.280. The average molecular weight is 580 g/mol. The van der Waals surface area contributed by atoms with Gasteiger partial charge in [-0.2, -0.15) is 9.78 Å². The topological polar surface area (TPSA) is 196 Å². The van der Waals surface area contributed by atoms with Crippen molar-refractivity contribution in [3.8, 4) is 11.6 Å². The lowest BCUT2D eigenvalue weighted by molar-refractivity contribution is -0.384. The Kier molecular flexibility index (Phi) is 8.39. The minimum Gasteiger partial charge on any atom is -0.488 e. The minimum absolute atomic E-state index is 0.00155. The van der Waals surface area contributed by atoms with Crippen molar-refractivity contribution in [2.45, 2.75) is 13.2 Å². The monoisotopic (exact) mass is 579 g/mol. The van der Waals surface area contributed by atoms with E-state index in [9.17, 15) is 19.3 Å². The van der Waals surface area contributed by atoms with Crippen LogP contribution in [0.2, 0.25) is 0 Å². The standard InChI is InChI=1S/C25H26FN11O5/c1-34-7-9-35(10-8-34)14-20-22(29-33-36(20)24-23(27)31-42-32-24)25(38)30-28-13-17-12-19(37(39)40)5-6-21(17)41-15-16-3-2-4-18(26)11-16/h2-6,11-13H,7-10,14-15H2,1H3,(H2,27,31)(H,30,38)/b28-13+. The van der Waals surface area contributed by atoms with Crippen LogP contribution >= 0.6 is 0 Å². The summed E-state index contributed by atoms with van der Waals surface area (Å²) in [5, 5.41) is 30.7. The van der Waals surface area contributed by atoms with Gasteiger partial charge in [0.25, 0.3) is 11.6 Å². The summed E-state index contributed by atoms with van der Waals surface area (Å²) in [7, 11) is 2.03. The second-order valence-electron chi connectivity index (χ2n) is 9.45. The molecule has 218 valence electrons. The van der Waals surface area contributed by atoms with Crippen molar-refractivity contribution < 1.29 is 23.5 Å². The number of aromatic nitrogens is 5. The van der Waals surface area contributed by atoms with Gasteiger partial charge in [0.15, 0.2) is 5.69 Å². The molecule has 0 radical (unpaired) electrons. The molecule has 0 atom stereocenters. The van der Waals surface area contributed by atoms with Crippen molar-refractivity contribution in [1.29, 1.82) is 0 Å². The van der Waals surface area contributed by atoms with Gasteiger partial charge >= 0.3 is 0 Å². The SMILES string of the molecule is CN1CCN(Cc2c(C(=O)N/N=C/c3cc([N+](=O)[O-])ccc3OCc3cccc(F)c3)nnn2-c2nonc2N)CC1. The van der Waals surface area contributed by atoms with Gasteiger partial charge in [-0.15, -0.1) is 5.10 Å². The molecule has 0 aliphatic carbocycles. The second-order valence-corrected chi connectivity index (χ2v) is 9.45. The van der Waals surface area contributed by atoms with Crippen LogP contribution in [0, 0.1) is 15.9 Å². The summed E-state index contributed by atoms with van der Waals surface area (Å²) < 4.78 is 25.3. The molecule has 0 saturated carbocycles. The highest BCUT2D eigenvalue weighted by atomic mass is 19.1. The van der Waals surface area contributed by atoms with Gasteiger partial charge in [0.1, 0.15) is 18.2 Å². The molecule has 17 heteroatoms. The lowest BCUT2D eigenvalue weighted by Crippen LogP contribution is -2.44. The van der Waals surface area contributed by atoms with Gasteiger partial charge in [-0.3, -0.25) is 19.8 Å². The number of piperazine rings is 1. The van der Waals surface area contributed by atoms with Crippen LogP contribution in [0.15, 0.2) is 52.2 Å². The summed E-state index contributed by atoms with van der Waals surface area (Å²) in [6.07, 6.45) is 1.20. The number of carbonyl (C=O) groups is 1. The molecule has 4 aromatic rings. The van der Waals surface area contributed by atoms with Crippen molar-refractivity contribution in [3.63, 3.8) is 0 Å². The van der Waals surface area contributed by atoms with Crippen LogP contribution in [0.1, 0.15) is 27.3 Å². The van der Waals surface area contributed by atoms with E-state index in [0.717, 1.165) is 26.2 Å². The van der Waals surface area contributed by atoms with Crippen LogP contribution in [-0.2, 0) is 13.2 Å². The maximum absolute atomic E-state index is 13.5. The van der Waals surface area contributed by atoms with Crippen molar-refractivity contribution in [2.75, 3.05) is 39.0 Å². The van der Waals surface area contributed by atoms with E-state index in [-0.39, 0.29) is 40.9 Å². The van der Waals surface area contributed by atoms with Crippen molar-refractivity contribution in [2.24, 2.45) is 5.10 Å². The Labute approximate surface area is 237 Å². The van der Waals surface area contributed by atoms with Gasteiger partial charge in [-0.25, -0.2) is 14.4 Å². The summed E-state index contributed by atoms with van der Waals surface area (Å²) in [6, 6.07) is 9.76. The molecular weight excluding hydrogens is 553 g/mol. The van der Waals surface area contributed by atoms with Crippen LogP contribution in [0.5, 0.6) is 5.75 Å². The number of carbonyl (C=O) groups excluding carboxylic acids is 1. The molecule has 3 N–H and O–H groups in total. The Balaban J connectivity index is 1.36. The molecule has 0 spiro atoms. The highest BCUT2D eigenvalue weighted by Gasteiger charge is 2.26. The summed E-state index contributed by atoms with van der Waals surface area (Å²) in [5.74, 6) is -0.814. The number of nitrogens with one attached hydrogen (secondary N) is 1. The van der Waals surface area contributed by atoms with Gasteiger partial charge in [-0.05, 0) is 41.1 Å². The van der Waals surface area contributed by atoms with Gasteiger partial charge in [0.2, 0.25) is 11.6 Å². The molecule has 0 bridgehead atoms. The van der Waals surface area contributed by atoms with Gasteiger partial charge in [-0.1, -0.05) is 17.3 Å². The van der Waals surface area contributed by atoms with Crippen molar-refractivity contribution >= 4 is 23.6 Å². The molecule has 3 heterocycles. The summed E-state index contributed by atoms with van der Waals surface area (Å²) in [4.78, 5) is 28.3. The number of nitrogens with two attached hydrogens (primary N) is 1. The highest BCUT2D eigenvalue weighted by Crippen LogP contribution is 2.24. The third-order valence-electron chi connectivity index (χ3n) is 6.50. The van der Waals surface area contributed by atoms with E-state index in [1.54, 1.807) is 12.1 Å². The predicted octanol–water partition coefficient (Wildman–Crippen LogP) is 1.37. The number of nitrogens with zero attached hydrogens (tertiary/aromatic N) is 9. The van der Waals surface area contributed by atoms with Crippen molar-refractivity contribution in [3.05, 3.63) is 80.9 Å². The molecule has 0 unspecified atom stereocenters. The van der Waals surface area contributed by atoms with E-state index < -0.39 is 16.6 Å². The van der Waals surface area contributed by atoms with E-state index in [0.29, 0.717) is 17.8 Å². The number of anilines is 1. The highest BCUT2D eigenvalue weighted by molar-refractivity contribution is 5.94. The smallest absolute Gasteiger partial charge is 0.293 e. The van der Waals surface area contributed by atoms with E-state index >= 15 is 0 Å². The first-order valence-corrected chi connectivity index (χ1v) is 12.7. The zero-order chi connectivity index (χ0) is 29.6. The van der Waals surface area contributed by atoms with Crippen LogP contribution in [0.25, 0.3) is 5.82 Å². The number of hydrazone groups is 1. The maximum Gasteiger partial charge on any atom is 0.293 e. The second kappa shape index (κ2) is 12.5. The molecule has 1 amide bonds. The minimum atomic E-state index is -0.690. The zero-order valence-electron chi connectivity index (χ0n) is 22.4. The molecular formula is C25H26FN11O5. The number of hydrogen-bond donors (Lipinski definition) is 2. The number of nitro groups is 1. The van der Waals surface area contributed by atoms with Gasteiger partial charge in [0.05, 0.1) is 16.8 Å². The molecule has 1 saturated heterocycles. The van der Waals surface area contributed by atoms with E-state index in [4.69, 9.17) is 15.1 Å². The van der Waals surface area contributed by atoms with Crippen molar-refractivity contribution in [1.82, 2.24) is 40.5 Å². The van der Waals surface area contributed by atoms with Crippen LogP contribution < -0.4 is 15.9 Å². The molecule has 42 heavy (non-hydrogen) atoms. The zero-order valence-corrected chi connectivity index (χ0v) is 22.4. The molecule has 16 nitrogen and oxygen atoms in total. The lowest BCUT2D eigenvalue weighted by Gasteiger charge is -2.32. The van der Waals surface area contributed by atoms with E-state index in [1.807, 2.05) is 7.05 Å². The van der Waals surface area contributed by atoms with Crippen LogP contribution in [-0.4, -0.2) is 85.4 Å². The normalized spacial score (nSPS) is 14.3.